The fourth-order valence-electron chi connectivity index (χ4n) is 0.627. The maximum absolute atomic E-state index is 10.3. The Labute approximate surface area is 95.0 Å². The molecule has 0 spiro atoms. The molecule has 16 heavy (non-hydrogen) atoms. The first-order valence-electron chi connectivity index (χ1n) is 4.28. The fourth-order valence-corrected chi connectivity index (χ4v) is 0.627. The van der Waals surface area contributed by atoms with E-state index in [4.69, 9.17) is 22.6 Å². The van der Waals surface area contributed by atoms with Crippen molar-refractivity contribution in [1.29, 1.82) is 0 Å². The summed E-state index contributed by atoms with van der Waals surface area (Å²) in [5.41, 5.74) is 0.423. The highest BCUT2D eigenvalue weighted by molar-refractivity contribution is 7.79. The van der Waals surface area contributed by atoms with Crippen molar-refractivity contribution in [3.63, 3.8) is 0 Å². The van der Waals surface area contributed by atoms with Crippen molar-refractivity contribution in [2.75, 3.05) is 20.6 Å². The van der Waals surface area contributed by atoms with E-state index in [1.54, 1.807) is 13.0 Å². The van der Waals surface area contributed by atoms with Crippen LogP contribution in [0.15, 0.2) is 11.6 Å². The van der Waals surface area contributed by atoms with Crippen molar-refractivity contribution >= 4 is 16.4 Å². The van der Waals surface area contributed by atoms with Gasteiger partial charge in [0.2, 0.25) is 0 Å². The molecule has 0 heterocycles. The van der Waals surface area contributed by atoms with Crippen LogP contribution in [-0.2, 0) is 15.2 Å². The minimum atomic E-state index is -4.67. The summed E-state index contributed by atoms with van der Waals surface area (Å²) in [6, 6.07) is 0. The van der Waals surface area contributed by atoms with Crippen LogP contribution in [0.5, 0.6) is 0 Å². The largest absolute Gasteiger partial charge is 0.478 e. The van der Waals surface area contributed by atoms with Crippen LogP contribution in [0.2, 0.25) is 0 Å². The second kappa shape index (κ2) is 8.22. The SMILES string of the molecule is CC(=CCCN(C)C)C(=O)O.O=S(=O)(O)O. The average molecular weight is 255 g/mol. The third kappa shape index (κ3) is 23.1. The minimum absolute atomic E-state index is 0.423. The molecule has 8 heteroatoms. The van der Waals surface area contributed by atoms with Gasteiger partial charge in [-0.25, -0.2) is 4.79 Å². The number of carbonyl (C=O) groups is 1. The number of rotatable bonds is 4. The Bertz CT molecular complexity index is 324. The van der Waals surface area contributed by atoms with E-state index in [1.807, 2.05) is 19.0 Å². The number of aliphatic carboxylic acids is 1. The second-order valence-corrected chi connectivity index (χ2v) is 4.13. The molecule has 0 unspecified atom stereocenters. The molecular formula is C8H17NO6S. The molecule has 7 nitrogen and oxygen atoms in total. The minimum Gasteiger partial charge on any atom is -0.478 e. The van der Waals surface area contributed by atoms with Crippen LogP contribution in [0.25, 0.3) is 0 Å². The van der Waals surface area contributed by atoms with Crippen molar-refractivity contribution in [2.24, 2.45) is 0 Å². The van der Waals surface area contributed by atoms with Gasteiger partial charge >= 0.3 is 16.4 Å². The molecule has 0 aliphatic rings. The van der Waals surface area contributed by atoms with Crippen LogP contribution >= 0.6 is 0 Å². The summed E-state index contributed by atoms with van der Waals surface area (Å²) in [5.74, 6) is -0.830. The smallest absolute Gasteiger partial charge is 0.394 e. The van der Waals surface area contributed by atoms with E-state index in [9.17, 15) is 4.79 Å². The van der Waals surface area contributed by atoms with E-state index in [0.29, 0.717) is 5.57 Å². The highest BCUT2D eigenvalue weighted by Gasteiger charge is 1.97. The number of hydrogen-bond donors (Lipinski definition) is 3. The van der Waals surface area contributed by atoms with Gasteiger partial charge in [0.15, 0.2) is 0 Å². The summed E-state index contributed by atoms with van der Waals surface area (Å²) >= 11 is 0. The Balaban J connectivity index is 0. The molecule has 0 amide bonds. The maximum atomic E-state index is 10.3. The molecule has 0 saturated heterocycles. The quantitative estimate of drug-likeness (QED) is 0.489. The van der Waals surface area contributed by atoms with Gasteiger partial charge in [0, 0.05) is 12.1 Å². The molecule has 96 valence electrons. The standard InChI is InChI=1S/C8H15NO2.H2O4S/c1-7(8(10)11)5-4-6-9(2)3;1-5(2,3)4/h5H,4,6H2,1-3H3,(H,10,11);(H2,1,2,3,4). The summed E-state index contributed by atoms with van der Waals surface area (Å²) in [4.78, 5) is 12.3. The van der Waals surface area contributed by atoms with Gasteiger partial charge in [-0.1, -0.05) is 6.08 Å². The molecule has 0 aromatic heterocycles. The van der Waals surface area contributed by atoms with Crippen molar-refractivity contribution in [3.05, 3.63) is 11.6 Å². The zero-order chi connectivity index (χ0) is 13.4. The van der Waals surface area contributed by atoms with Gasteiger partial charge in [-0.05, 0) is 27.4 Å². The highest BCUT2D eigenvalue weighted by atomic mass is 32.3. The van der Waals surface area contributed by atoms with Crippen LogP contribution in [0.1, 0.15) is 13.3 Å². The Hall–Kier alpha value is -0.960. The van der Waals surface area contributed by atoms with Crippen LogP contribution in [-0.4, -0.2) is 54.1 Å². The molecular weight excluding hydrogens is 238 g/mol. The van der Waals surface area contributed by atoms with Crippen LogP contribution in [0.4, 0.5) is 0 Å². The third-order valence-corrected chi connectivity index (χ3v) is 1.36. The van der Waals surface area contributed by atoms with E-state index >= 15 is 0 Å². The summed E-state index contributed by atoms with van der Waals surface area (Å²) in [7, 11) is -0.742. The zero-order valence-corrected chi connectivity index (χ0v) is 10.2. The first kappa shape index (κ1) is 17.4. The van der Waals surface area contributed by atoms with Crippen LogP contribution in [0.3, 0.4) is 0 Å². The van der Waals surface area contributed by atoms with Gasteiger partial charge in [-0.15, -0.1) is 0 Å². The lowest BCUT2D eigenvalue weighted by Crippen LogP contribution is -2.12. The van der Waals surface area contributed by atoms with Gasteiger partial charge in [0.25, 0.3) is 0 Å². The van der Waals surface area contributed by atoms with Gasteiger partial charge in [-0.3, -0.25) is 9.11 Å². The van der Waals surface area contributed by atoms with E-state index in [0.717, 1.165) is 13.0 Å². The fraction of sp³-hybridized carbons (Fsp3) is 0.625. The van der Waals surface area contributed by atoms with Gasteiger partial charge in [0.05, 0.1) is 0 Å². The molecule has 0 atom stereocenters. The Kier molecular flexibility index (Phi) is 8.96. The summed E-state index contributed by atoms with van der Waals surface area (Å²) in [6.45, 7) is 2.50. The Morgan fingerprint density at radius 2 is 1.69 bits per heavy atom. The lowest BCUT2D eigenvalue weighted by Gasteiger charge is -2.05. The maximum Gasteiger partial charge on any atom is 0.394 e. The molecule has 0 fully saturated rings. The number of carboxylic acid groups (broad SMARTS) is 1. The molecule has 0 bridgehead atoms. The normalized spacial score (nSPS) is 12.0. The van der Waals surface area contributed by atoms with Gasteiger partial charge in [0.1, 0.15) is 0 Å². The second-order valence-electron chi connectivity index (χ2n) is 3.23. The molecule has 0 aromatic rings. The van der Waals surface area contributed by atoms with Crippen molar-refractivity contribution in [1.82, 2.24) is 4.90 Å². The predicted octanol–water partition coefficient (Wildman–Crippen LogP) is 0.316. The van der Waals surface area contributed by atoms with Gasteiger partial charge in [-0.2, -0.15) is 8.42 Å². The molecule has 0 saturated carbocycles. The van der Waals surface area contributed by atoms with E-state index in [2.05, 4.69) is 0 Å². The lowest BCUT2D eigenvalue weighted by molar-refractivity contribution is -0.132. The predicted molar refractivity (Wildman–Crippen MR) is 58.7 cm³/mol. The van der Waals surface area contributed by atoms with Crippen LogP contribution < -0.4 is 0 Å². The summed E-state index contributed by atoms with van der Waals surface area (Å²) in [6.07, 6.45) is 2.54. The number of hydrogen-bond acceptors (Lipinski definition) is 4. The molecule has 0 aromatic carbocycles. The molecule has 0 aliphatic carbocycles. The topological polar surface area (TPSA) is 115 Å². The third-order valence-electron chi connectivity index (χ3n) is 1.36. The summed E-state index contributed by atoms with van der Waals surface area (Å²) < 4.78 is 31.6. The monoisotopic (exact) mass is 255 g/mol. The van der Waals surface area contributed by atoms with E-state index in [-0.39, 0.29) is 0 Å². The van der Waals surface area contributed by atoms with Crippen LogP contribution in [0, 0.1) is 0 Å². The molecule has 0 rings (SSSR count). The van der Waals surface area contributed by atoms with E-state index in [1.165, 1.54) is 0 Å². The number of carboxylic acids is 1. The average Bonchev–Trinajstić information content (AvgIpc) is 1.99. The summed E-state index contributed by atoms with van der Waals surface area (Å²) in [5, 5.41) is 8.47. The molecule has 0 aliphatic heterocycles. The Morgan fingerprint density at radius 1 is 1.31 bits per heavy atom. The van der Waals surface area contributed by atoms with Crippen molar-refractivity contribution in [2.45, 2.75) is 13.3 Å². The first-order valence-corrected chi connectivity index (χ1v) is 5.68. The first-order chi connectivity index (χ1) is 7.04. The Morgan fingerprint density at radius 3 is 1.94 bits per heavy atom. The zero-order valence-electron chi connectivity index (χ0n) is 9.41. The lowest BCUT2D eigenvalue weighted by atomic mass is 10.2. The molecule has 0 radical (unpaired) electrons. The highest BCUT2D eigenvalue weighted by Crippen LogP contribution is 1.95. The van der Waals surface area contributed by atoms with Gasteiger partial charge < -0.3 is 10.0 Å². The molecule has 3 N–H and O–H groups in total. The van der Waals surface area contributed by atoms with Crippen molar-refractivity contribution in [3.8, 4) is 0 Å². The number of nitrogens with zero attached hydrogens (tertiary/aromatic N) is 1. The van der Waals surface area contributed by atoms with E-state index < -0.39 is 16.4 Å². The van der Waals surface area contributed by atoms with Crippen molar-refractivity contribution < 1.29 is 27.4 Å².